The van der Waals surface area contributed by atoms with Crippen molar-refractivity contribution in [1.29, 1.82) is 0 Å². The number of ether oxygens (including phenoxy) is 1. The number of rotatable bonds is 4. The van der Waals surface area contributed by atoms with Crippen LogP contribution in [0, 0.1) is 11.6 Å². The third-order valence-electron chi connectivity index (χ3n) is 2.13. The molecule has 0 heterocycles. The van der Waals surface area contributed by atoms with E-state index in [2.05, 4.69) is 4.74 Å². The van der Waals surface area contributed by atoms with Crippen LogP contribution in [0.15, 0.2) is 18.2 Å². The molecule has 1 unspecified atom stereocenters. The number of benzene rings is 1. The van der Waals surface area contributed by atoms with E-state index in [-0.39, 0.29) is 6.07 Å². The molecule has 0 saturated heterocycles. The Morgan fingerprint density at radius 1 is 1.29 bits per heavy atom. The summed E-state index contributed by atoms with van der Waals surface area (Å²) < 4.78 is 96.4. The highest BCUT2D eigenvalue weighted by Gasteiger charge is 2.45. The normalized spacial score (nSPS) is 13.8. The largest absolute Gasteiger partial charge is 0.448 e. The predicted octanol–water partition coefficient (Wildman–Crippen LogP) is 1.94. The molecule has 0 aliphatic heterocycles. The third-order valence-corrected chi connectivity index (χ3v) is 2.85. The van der Waals surface area contributed by atoms with Gasteiger partial charge in [0.25, 0.3) is 10.1 Å². The highest BCUT2D eigenvalue weighted by Crippen LogP contribution is 2.25. The summed E-state index contributed by atoms with van der Waals surface area (Å²) in [6.45, 7) is 0. The van der Waals surface area contributed by atoms with E-state index < -0.39 is 51.3 Å². The summed E-state index contributed by atoms with van der Waals surface area (Å²) in [6.07, 6.45) is -8.49. The van der Waals surface area contributed by atoms with Crippen molar-refractivity contribution in [2.45, 2.75) is 12.3 Å². The number of esters is 1. The second-order valence-corrected chi connectivity index (χ2v) is 5.31. The average Bonchev–Trinajstić information content (AvgIpc) is 2.24. The van der Waals surface area contributed by atoms with Crippen molar-refractivity contribution in [2.24, 2.45) is 0 Å². The summed E-state index contributed by atoms with van der Waals surface area (Å²) >= 11 is 0. The molecule has 1 aromatic carbocycles. The Morgan fingerprint density at radius 3 is 2.29 bits per heavy atom. The fourth-order valence-electron chi connectivity index (χ4n) is 1.23. The van der Waals surface area contributed by atoms with Crippen LogP contribution in [0.2, 0.25) is 0 Å². The van der Waals surface area contributed by atoms with Crippen molar-refractivity contribution in [3.8, 4) is 0 Å². The minimum atomic E-state index is -5.30. The lowest BCUT2D eigenvalue weighted by Gasteiger charge is -2.19. The van der Waals surface area contributed by atoms with Crippen LogP contribution in [0.1, 0.15) is 10.4 Å². The monoisotopic (exact) mass is 334 g/mol. The maximum atomic E-state index is 13.2. The first kappa shape index (κ1) is 17.3. The van der Waals surface area contributed by atoms with Gasteiger partial charge in [-0.25, -0.2) is 13.6 Å². The van der Waals surface area contributed by atoms with Crippen LogP contribution >= 0.6 is 0 Å². The van der Waals surface area contributed by atoms with Crippen LogP contribution in [0.4, 0.5) is 22.0 Å². The fraction of sp³-hybridized carbons (Fsp3) is 0.300. The van der Waals surface area contributed by atoms with Gasteiger partial charge in [0, 0.05) is 6.07 Å². The lowest BCUT2D eigenvalue weighted by atomic mass is 10.2. The van der Waals surface area contributed by atoms with E-state index in [1.165, 1.54) is 0 Å². The molecule has 21 heavy (non-hydrogen) atoms. The number of alkyl halides is 3. The maximum Gasteiger partial charge on any atom is 0.426 e. The number of carbonyl (C=O) groups excluding carboxylic acids is 1. The zero-order chi connectivity index (χ0) is 16.4. The molecule has 118 valence electrons. The lowest BCUT2D eigenvalue weighted by molar-refractivity contribution is -0.197. The van der Waals surface area contributed by atoms with Crippen molar-refractivity contribution in [3.05, 3.63) is 35.4 Å². The van der Waals surface area contributed by atoms with Gasteiger partial charge in [-0.05, 0) is 12.1 Å². The molecule has 0 radical (unpaired) electrons. The van der Waals surface area contributed by atoms with Crippen LogP contribution in [-0.2, 0) is 14.9 Å². The van der Waals surface area contributed by atoms with E-state index in [4.69, 9.17) is 4.55 Å². The Morgan fingerprint density at radius 2 is 1.86 bits per heavy atom. The zero-order valence-electron chi connectivity index (χ0n) is 9.89. The van der Waals surface area contributed by atoms with Gasteiger partial charge in [0.2, 0.25) is 6.10 Å². The van der Waals surface area contributed by atoms with Gasteiger partial charge in [0.05, 0.1) is 5.56 Å². The summed E-state index contributed by atoms with van der Waals surface area (Å²) in [7, 11) is -5.10. The summed E-state index contributed by atoms with van der Waals surface area (Å²) in [4.78, 5) is 11.4. The number of hydrogen-bond acceptors (Lipinski definition) is 4. The molecule has 0 aliphatic rings. The Bertz CT molecular complexity index is 640. The SMILES string of the molecule is O=C(OC(CS(=O)(=O)O)C(F)(F)F)c1ccc(F)cc1F. The van der Waals surface area contributed by atoms with Gasteiger partial charge in [-0.15, -0.1) is 0 Å². The molecular weight excluding hydrogens is 327 g/mol. The minimum absolute atomic E-state index is 0.238. The number of hydrogen-bond donors (Lipinski definition) is 1. The molecule has 1 atom stereocenters. The zero-order valence-corrected chi connectivity index (χ0v) is 10.7. The van der Waals surface area contributed by atoms with Crippen LogP contribution in [0.25, 0.3) is 0 Å². The topological polar surface area (TPSA) is 80.7 Å². The van der Waals surface area contributed by atoms with Crippen molar-refractivity contribution >= 4 is 16.1 Å². The molecule has 0 bridgehead atoms. The minimum Gasteiger partial charge on any atom is -0.448 e. The second kappa shape index (κ2) is 5.93. The first-order chi connectivity index (χ1) is 9.40. The van der Waals surface area contributed by atoms with Gasteiger partial charge >= 0.3 is 12.1 Å². The molecular formula is C10H7F5O5S. The smallest absolute Gasteiger partial charge is 0.426 e. The van der Waals surface area contributed by atoms with Crippen molar-refractivity contribution in [1.82, 2.24) is 0 Å². The standard InChI is InChI=1S/C10H7F5O5S/c11-5-1-2-6(7(12)3-5)9(16)20-8(10(13,14)15)4-21(17,18)19/h1-3,8H,4H2,(H,17,18,19). The molecule has 1 aromatic rings. The molecule has 0 amide bonds. The van der Waals surface area contributed by atoms with Crippen LogP contribution < -0.4 is 0 Å². The van der Waals surface area contributed by atoms with Gasteiger partial charge in [-0.2, -0.15) is 21.6 Å². The highest BCUT2D eigenvalue weighted by atomic mass is 32.2. The molecule has 11 heteroatoms. The molecule has 0 saturated carbocycles. The summed E-state index contributed by atoms with van der Waals surface area (Å²) in [5, 5.41) is 0. The molecule has 0 aliphatic carbocycles. The van der Waals surface area contributed by atoms with Crippen molar-refractivity contribution < 1.29 is 44.5 Å². The van der Waals surface area contributed by atoms with E-state index in [0.29, 0.717) is 12.1 Å². The molecule has 5 nitrogen and oxygen atoms in total. The van der Waals surface area contributed by atoms with Gasteiger partial charge in [-0.1, -0.05) is 0 Å². The lowest BCUT2D eigenvalue weighted by Crippen LogP contribution is -2.39. The van der Waals surface area contributed by atoms with E-state index in [1.54, 1.807) is 0 Å². The molecule has 0 spiro atoms. The molecule has 0 fully saturated rings. The number of halogens is 5. The Balaban J connectivity index is 3.01. The third kappa shape index (κ3) is 5.27. The molecule has 1 N–H and O–H groups in total. The quantitative estimate of drug-likeness (QED) is 0.517. The summed E-state index contributed by atoms with van der Waals surface area (Å²) in [5.41, 5.74) is -1.01. The van der Waals surface area contributed by atoms with Gasteiger partial charge in [-0.3, -0.25) is 4.55 Å². The highest BCUT2D eigenvalue weighted by molar-refractivity contribution is 7.85. The van der Waals surface area contributed by atoms with Crippen LogP contribution in [-0.4, -0.2) is 37.0 Å². The first-order valence-corrected chi connectivity index (χ1v) is 6.69. The fourth-order valence-corrected chi connectivity index (χ4v) is 1.87. The first-order valence-electron chi connectivity index (χ1n) is 5.08. The Hall–Kier alpha value is -1.75. The van der Waals surface area contributed by atoms with E-state index in [9.17, 15) is 35.2 Å². The molecule has 0 aromatic heterocycles. The van der Waals surface area contributed by atoms with Gasteiger partial charge < -0.3 is 4.74 Å². The summed E-state index contributed by atoms with van der Waals surface area (Å²) in [6, 6.07) is 1.38. The average molecular weight is 334 g/mol. The van der Waals surface area contributed by atoms with Gasteiger partial charge in [0.1, 0.15) is 17.4 Å². The number of carbonyl (C=O) groups is 1. The predicted molar refractivity (Wildman–Crippen MR) is 58.0 cm³/mol. The summed E-state index contributed by atoms with van der Waals surface area (Å²) in [5.74, 6) is -6.34. The Labute approximate surface area is 115 Å². The van der Waals surface area contributed by atoms with Crippen molar-refractivity contribution in [3.63, 3.8) is 0 Å². The molecule has 1 rings (SSSR count). The van der Waals surface area contributed by atoms with Crippen LogP contribution in [0.3, 0.4) is 0 Å². The Kier molecular flexibility index (Phi) is 4.89. The van der Waals surface area contributed by atoms with Crippen molar-refractivity contribution in [2.75, 3.05) is 5.75 Å². The van der Waals surface area contributed by atoms with E-state index in [0.717, 1.165) is 0 Å². The van der Waals surface area contributed by atoms with Crippen LogP contribution in [0.5, 0.6) is 0 Å². The maximum absolute atomic E-state index is 13.2. The van der Waals surface area contributed by atoms with E-state index >= 15 is 0 Å². The second-order valence-electron chi connectivity index (χ2n) is 3.81. The van der Waals surface area contributed by atoms with E-state index in [1.807, 2.05) is 0 Å². The van der Waals surface area contributed by atoms with Gasteiger partial charge in [0.15, 0.2) is 0 Å².